The zero-order valence-electron chi connectivity index (χ0n) is 14.7. The zero-order valence-corrected chi connectivity index (χ0v) is 14.7. The number of hydrogen-bond donors (Lipinski definition) is 2. The molecule has 1 aliphatic rings. The predicted molar refractivity (Wildman–Crippen MR) is 94.9 cm³/mol. The first-order valence-electron chi connectivity index (χ1n) is 8.56. The summed E-state index contributed by atoms with van der Waals surface area (Å²) in [5.74, 6) is -1.17. The van der Waals surface area contributed by atoms with Crippen molar-refractivity contribution in [1.29, 1.82) is 0 Å². The number of carbonyl (C=O) groups excluding carboxylic acids is 1. The Morgan fingerprint density at radius 3 is 2.15 bits per heavy atom. The van der Waals surface area contributed by atoms with Crippen LogP contribution in [-0.2, 0) is 14.3 Å². The van der Waals surface area contributed by atoms with Gasteiger partial charge < -0.3 is 19.9 Å². The van der Waals surface area contributed by atoms with Crippen molar-refractivity contribution in [3.63, 3.8) is 0 Å². The third kappa shape index (κ3) is 4.43. The Balaban J connectivity index is 1.82. The van der Waals surface area contributed by atoms with E-state index in [9.17, 15) is 14.0 Å². The molecule has 2 aromatic carbocycles. The number of rotatable bonds is 6. The van der Waals surface area contributed by atoms with Gasteiger partial charge in [0.1, 0.15) is 17.7 Å². The fourth-order valence-electron chi connectivity index (χ4n) is 3.06. The number of hydrogen-bond acceptors (Lipinski definition) is 4. The van der Waals surface area contributed by atoms with Crippen molar-refractivity contribution < 1.29 is 28.6 Å². The van der Waals surface area contributed by atoms with E-state index in [-0.39, 0.29) is 12.2 Å². The Hall–Kier alpha value is -2.93. The van der Waals surface area contributed by atoms with Gasteiger partial charge in [0.2, 0.25) is 5.91 Å². The number of methoxy groups -OCH3 is 1. The molecule has 3 atom stereocenters. The van der Waals surface area contributed by atoms with Crippen LogP contribution in [0.1, 0.15) is 30.0 Å². The highest BCUT2D eigenvalue weighted by Gasteiger charge is 2.35. The Bertz CT molecular complexity index is 806. The molecule has 1 amide bonds. The summed E-state index contributed by atoms with van der Waals surface area (Å²) in [6.07, 6.45) is -1.17. The lowest BCUT2D eigenvalue weighted by Gasteiger charge is -2.22. The summed E-state index contributed by atoms with van der Waals surface area (Å²) in [6, 6.07) is 12.5. The molecule has 3 rings (SSSR count). The fraction of sp³-hybridized carbons (Fsp3) is 0.300. The molecule has 27 heavy (non-hydrogen) atoms. The van der Waals surface area contributed by atoms with E-state index in [0.29, 0.717) is 17.7 Å². The maximum absolute atomic E-state index is 13.3. The number of amides is 1. The molecular formula is C20H20FNO5. The minimum atomic E-state index is -1.07. The van der Waals surface area contributed by atoms with Gasteiger partial charge in [-0.05, 0) is 48.2 Å². The van der Waals surface area contributed by atoms with Crippen LogP contribution in [0.15, 0.2) is 48.5 Å². The number of halogens is 1. The van der Waals surface area contributed by atoms with Crippen LogP contribution >= 0.6 is 0 Å². The van der Waals surface area contributed by atoms with Crippen LogP contribution in [0, 0.1) is 5.82 Å². The van der Waals surface area contributed by atoms with Crippen LogP contribution in [0.25, 0.3) is 0 Å². The number of carboxylic acids is 1. The molecule has 1 unspecified atom stereocenters. The molecule has 0 saturated carbocycles. The summed E-state index contributed by atoms with van der Waals surface area (Å²) in [6.45, 7) is 0. The minimum Gasteiger partial charge on any atom is -0.497 e. The molecule has 1 heterocycles. The zero-order chi connectivity index (χ0) is 19.4. The fourth-order valence-corrected chi connectivity index (χ4v) is 3.06. The van der Waals surface area contributed by atoms with Crippen molar-refractivity contribution >= 4 is 11.9 Å². The lowest BCUT2D eigenvalue weighted by atomic mass is 9.98. The van der Waals surface area contributed by atoms with Gasteiger partial charge in [0.25, 0.3) is 0 Å². The van der Waals surface area contributed by atoms with Gasteiger partial charge in [0, 0.05) is 0 Å². The summed E-state index contributed by atoms with van der Waals surface area (Å²) >= 11 is 0. The molecule has 1 aliphatic heterocycles. The van der Waals surface area contributed by atoms with Crippen molar-refractivity contribution in [2.75, 3.05) is 7.11 Å². The van der Waals surface area contributed by atoms with Gasteiger partial charge >= 0.3 is 5.97 Å². The second-order valence-electron chi connectivity index (χ2n) is 6.30. The van der Waals surface area contributed by atoms with Crippen LogP contribution in [0.5, 0.6) is 5.75 Å². The van der Waals surface area contributed by atoms with Gasteiger partial charge in [0.05, 0.1) is 13.2 Å². The Labute approximate surface area is 155 Å². The van der Waals surface area contributed by atoms with Gasteiger partial charge in [-0.1, -0.05) is 24.3 Å². The third-order valence-corrected chi connectivity index (χ3v) is 4.53. The van der Waals surface area contributed by atoms with Crippen molar-refractivity contribution in [2.45, 2.75) is 31.1 Å². The molecule has 0 radical (unpaired) electrons. The predicted octanol–water partition coefficient (Wildman–Crippen LogP) is 2.67. The molecule has 0 aromatic heterocycles. The normalized spacial score (nSPS) is 20.1. The number of aliphatic carboxylic acids is 1. The second kappa shape index (κ2) is 8.18. The van der Waals surface area contributed by atoms with E-state index in [4.69, 9.17) is 14.6 Å². The minimum absolute atomic E-state index is 0.289. The molecule has 142 valence electrons. The molecule has 0 bridgehead atoms. The van der Waals surface area contributed by atoms with E-state index < -0.39 is 30.1 Å². The summed E-state index contributed by atoms with van der Waals surface area (Å²) in [4.78, 5) is 23.7. The molecule has 2 aromatic rings. The molecule has 0 aliphatic carbocycles. The maximum atomic E-state index is 13.3. The molecule has 7 heteroatoms. The highest BCUT2D eigenvalue weighted by molar-refractivity contribution is 5.83. The molecule has 2 N–H and O–H groups in total. The van der Waals surface area contributed by atoms with Gasteiger partial charge in [-0.15, -0.1) is 0 Å². The first-order valence-corrected chi connectivity index (χ1v) is 8.56. The Morgan fingerprint density at radius 2 is 1.63 bits per heavy atom. The second-order valence-corrected chi connectivity index (χ2v) is 6.30. The lowest BCUT2D eigenvalue weighted by Crippen LogP contribution is -2.38. The van der Waals surface area contributed by atoms with E-state index in [1.165, 1.54) is 12.1 Å². The van der Waals surface area contributed by atoms with Crippen molar-refractivity contribution in [3.8, 4) is 5.75 Å². The monoisotopic (exact) mass is 373 g/mol. The highest BCUT2D eigenvalue weighted by atomic mass is 19.1. The van der Waals surface area contributed by atoms with E-state index >= 15 is 0 Å². The van der Waals surface area contributed by atoms with E-state index in [1.807, 2.05) is 12.1 Å². The van der Waals surface area contributed by atoms with Crippen molar-refractivity contribution in [3.05, 3.63) is 65.5 Å². The summed E-state index contributed by atoms with van der Waals surface area (Å²) in [5, 5.41) is 11.9. The van der Waals surface area contributed by atoms with E-state index in [1.54, 1.807) is 31.4 Å². The summed E-state index contributed by atoms with van der Waals surface area (Å²) < 4.78 is 23.8. The van der Waals surface area contributed by atoms with Crippen LogP contribution in [0.2, 0.25) is 0 Å². The van der Waals surface area contributed by atoms with Crippen molar-refractivity contribution in [2.24, 2.45) is 0 Å². The topological polar surface area (TPSA) is 84.9 Å². The summed E-state index contributed by atoms with van der Waals surface area (Å²) in [5.41, 5.74) is 1.48. The van der Waals surface area contributed by atoms with Gasteiger partial charge in [0.15, 0.2) is 6.10 Å². The number of ether oxygens (including phenoxy) is 2. The molecular weight excluding hydrogens is 353 g/mol. The average Bonchev–Trinajstić information content (AvgIpc) is 3.18. The van der Waals surface area contributed by atoms with Gasteiger partial charge in [-0.2, -0.15) is 0 Å². The number of nitrogens with one attached hydrogen (secondary N) is 1. The molecule has 1 fully saturated rings. The van der Waals surface area contributed by atoms with E-state index in [0.717, 1.165) is 5.56 Å². The molecule has 6 nitrogen and oxygen atoms in total. The quantitative estimate of drug-likeness (QED) is 0.813. The van der Waals surface area contributed by atoms with Gasteiger partial charge in [-0.3, -0.25) is 4.79 Å². The highest BCUT2D eigenvalue weighted by Crippen LogP contribution is 2.26. The number of carboxylic acid groups (broad SMARTS) is 1. The largest absolute Gasteiger partial charge is 0.497 e. The standard InChI is InChI=1S/C20H20FNO5/c1-26-15-8-4-13(5-9-15)18(12-2-6-14(21)7-3-12)22-19(23)16-10-11-17(27-16)20(24)25/h2-9,16-18H,10-11H2,1H3,(H,22,23)(H,24,25)/t16-,17+,18?/m0/s1. The molecule has 1 saturated heterocycles. The Kier molecular flexibility index (Phi) is 5.71. The smallest absolute Gasteiger partial charge is 0.332 e. The van der Waals surface area contributed by atoms with Crippen LogP contribution in [0.4, 0.5) is 4.39 Å². The third-order valence-electron chi connectivity index (χ3n) is 4.53. The van der Waals surface area contributed by atoms with Crippen molar-refractivity contribution in [1.82, 2.24) is 5.32 Å². The van der Waals surface area contributed by atoms with Crippen LogP contribution < -0.4 is 10.1 Å². The van der Waals surface area contributed by atoms with Crippen LogP contribution in [-0.4, -0.2) is 36.3 Å². The SMILES string of the molecule is COc1ccc(C(NC(=O)[C@@H]2CC[C@H](C(=O)O)O2)c2ccc(F)cc2)cc1. The lowest BCUT2D eigenvalue weighted by molar-refractivity contribution is -0.151. The number of benzene rings is 2. The number of carbonyl (C=O) groups is 2. The maximum Gasteiger partial charge on any atom is 0.332 e. The van der Waals surface area contributed by atoms with E-state index in [2.05, 4.69) is 5.32 Å². The Morgan fingerprint density at radius 1 is 1.07 bits per heavy atom. The first-order chi connectivity index (χ1) is 13.0. The first kappa shape index (κ1) is 18.8. The summed E-state index contributed by atoms with van der Waals surface area (Å²) in [7, 11) is 1.56. The molecule has 0 spiro atoms. The van der Waals surface area contributed by atoms with Crippen LogP contribution in [0.3, 0.4) is 0 Å². The average molecular weight is 373 g/mol. The van der Waals surface area contributed by atoms with Gasteiger partial charge in [-0.25, -0.2) is 9.18 Å².